The van der Waals surface area contributed by atoms with Gasteiger partial charge in [0.25, 0.3) is 0 Å². The predicted octanol–water partition coefficient (Wildman–Crippen LogP) is 4.85. The SMILES string of the molecule is c1ccc2nc(-c3nc4ccccc4nc3-c3nncc4ccccc34)ncc2c1. The molecule has 0 unspecified atom stereocenters. The summed E-state index contributed by atoms with van der Waals surface area (Å²) in [7, 11) is 0. The van der Waals surface area contributed by atoms with Gasteiger partial charge in [-0.05, 0) is 18.2 Å². The van der Waals surface area contributed by atoms with Gasteiger partial charge in [-0.3, -0.25) is 0 Å². The van der Waals surface area contributed by atoms with Crippen LogP contribution in [0.4, 0.5) is 0 Å². The van der Waals surface area contributed by atoms with E-state index < -0.39 is 0 Å². The van der Waals surface area contributed by atoms with Gasteiger partial charge in [-0.2, -0.15) is 5.10 Å². The van der Waals surface area contributed by atoms with E-state index in [4.69, 9.17) is 15.0 Å². The molecule has 3 aromatic carbocycles. The third-order valence-corrected chi connectivity index (χ3v) is 5.07. The summed E-state index contributed by atoms with van der Waals surface area (Å²) < 4.78 is 0. The fraction of sp³-hybridized carbons (Fsp3) is 0. The lowest BCUT2D eigenvalue weighted by molar-refractivity contribution is 1.04. The highest BCUT2D eigenvalue weighted by Gasteiger charge is 2.19. The third-order valence-electron chi connectivity index (χ3n) is 5.07. The molecule has 0 aliphatic heterocycles. The lowest BCUT2D eigenvalue weighted by atomic mass is 10.1. The Balaban J connectivity index is 1.70. The van der Waals surface area contributed by atoms with Crippen LogP contribution in [0, 0.1) is 0 Å². The standard InChI is InChI=1S/C24H14N6/c1-3-9-17-15(7-1)14-26-30-21(17)22-23(28-20-12-6-5-11-19(20)27-22)24-25-13-16-8-2-4-10-18(16)29-24/h1-14H. The fourth-order valence-electron chi connectivity index (χ4n) is 3.61. The summed E-state index contributed by atoms with van der Waals surface area (Å²) >= 11 is 0. The second-order valence-electron chi connectivity index (χ2n) is 6.94. The maximum absolute atomic E-state index is 4.91. The van der Waals surface area contributed by atoms with Crippen molar-refractivity contribution >= 4 is 32.7 Å². The predicted molar refractivity (Wildman–Crippen MR) is 117 cm³/mol. The first-order valence-electron chi connectivity index (χ1n) is 9.56. The Hall–Kier alpha value is -4.32. The van der Waals surface area contributed by atoms with E-state index in [0.29, 0.717) is 22.9 Å². The number of rotatable bonds is 2. The second-order valence-corrected chi connectivity index (χ2v) is 6.94. The average Bonchev–Trinajstić information content (AvgIpc) is 2.82. The summed E-state index contributed by atoms with van der Waals surface area (Å²) in [5.74, 6) is 0.511. The lowest BCUT2D eigenvalue weighted by Crippen LogP contribution is -2.01. The van der Waals surface area contributed by atoms with Crippen LogP contribution in [-0.4, -0.2) is 30.1 Å². The van der Waals surface area contributed by atoms with Gasteiger partial charge in [0.1, 0.15) is 17.1 Å². The smallest absolute Gasteiger partial charge is 0.181 e. The maximum Gasteiger partial charge on any atom is 0.181 e. The molecule has 0 atom stereocenters. The summed E-state index contributed by atoms with van der Waals surface area (Å²) in [5, 5.41) is 11.5. The van der Waals surface area contributed by atoms with Gasteiger partial charge in [-0.15, -0.1) is 5.10 Å². The lowest BCUT2D eigenvalue weighted by Gasteiger charge is -2.10. The molecule has 0 fully saturated rings. The van der Waals surface area contributed by atoms with Crippen molar-refractivity contribution in [1.82, 2.24) is 30.1 Å². The molecule has 0 saturated heterocycles. The van der Waals surface area contributed by atoms with Crippen molar-refractivity contribution in [2.45, 2.75) is 0 Å². The molecule has 0 amide bonds. The van der Waals surface area contributed by atoms with Gasteiger partial charge >= 0.3 is 0 Å². The van der Waals surface area contributed by atoms with Crippen LogP contribution in [0.3, 0.4) is 0 Å². The number of aromatic nitrogens is 6. The van der Waals surface area contributed by atoms with Crippen molar-refractivity contribution in [2.24, 2.45) is 0 Å². The van der Waals surface area contributed by atoms with Crippen LogP contribution in [0.1, 0.15) is 0 Å². The normalized spacial score (nSPS) is 11.3. The highest BCUT2D eigenvalue weighted by molar-refractivity contribution is 5.97. The van der Waals surface area contributed by atoms with E-state index in [1.807, 2.05) is 79.0 Å². The minimum absolute atomic E-state index is 0.511. The Morgan fingerprint density at radius 2 is 1.17 bits per heavy atom. The second kappa shape index (κ2) is 6.63. The number of hydrogen-bond acceptors (Lipinski definition) is 6. The molecular formula is C24H14N6. The molecule has 6 rings (SSSR count). The van der Waals surface area contributed by atoms with Crippen LogP contribution < -0.4 is 0 Å². The fourth-order valence-corrected chi connectivity index (χ4v) is 3.61. The highest BCUT2D eigenvalue weighted by Crippen LogP contribution is 2.32. The molecule has 3 heterocycles. The maximum atomic E-state index is 4.91. The van der Waals surface area contributed by atoms with Gasteiger partial charge in [0.2, 0.25) is 0 Å². The first-order valence-corrected chi connectivity index (χ1v) is 9.56. The van der Waals surface area contributed by atoms with Gasteiger partial charge in [0.15, 0.2) is 5.82 Å². The van der Waals surface area contributed by atoms with E-state index in [1.165, 1.54) is 0 Å². The van der Waals surface area contributed by atoms with E-state index in [1.54, 1.807) is 6.20 Å². The topological polar surface area (TPSA) is 77.3 Å². The van der Waals surface area contributed by atoms with Gasteiger partial charge in [0, 0.05) is 22.4 Å². The molecule has 0 saturated carbocycles. The number of fused-ring (bicyclic) bond motifs is 3. The van der Waals surface area contributed by atoms with E-state index in [0.717, 1.165) is 32.7 Å². The van der Waals surface area contributed by atoms with Crippen molar-refractivity contribution in [2.75, 3.05) is 0 Å². The zero-order chi connectivity index (χ0) is 19.9. The Bertz CT molecular complexity index is 1560. The number of para-hydroxylation sites is 3. The van der Waals surface area contributed by atoms with Crippen LogP contribution in [0.5, 0.6) is 0 Å². The Kier molecular flexibility index (Phi) is 3.67. The first kappa shape index (κ1) is 16.6. The number of hydrogen-bond donors (Lipinski definition) is 0. The van der Waals surface area contributed by atoms with Crippen LogP contribution in [0.2, 0.25) is 0 Å². The molecule has 140 valence electrons. The molecule has 0 radical (unpaired) electrons. The molecular weight excluding hydrogens is 372 g/mol. The number of nitrogens with zero attached hydrogens (tertiary/aromatic N) is 6. The molecule has 0 N–H and O–H groups in total. The van der Waals surface area contributed by atoms with E-state index in [-0.39, 0.29) is 0 Å². The van der Waals surface area contributed by atoms with E-state index in [2.05, 4.69) is 15.2 Å². The third kappa shape index (κ3) is 2.66. The van der Waals surface area contributed by atoms with E-state index in [9.17, 15) is 0 Å². The molecule has 6 nitrogen and oxygen atoms in total. The van der Waals surface area contributed by atoms with Crippen molar-refractivity contribution < 1.29 is 0 Å². The Morgan fingerprint density at radius 1 is 0.500 bits per heavy atom. The average molecular weight is 386 g/mol. The zero-order valence-corrected chi connectivity index (χ0v) is 15.8. The van der Waals surface area contributed by atoms with Crippen molar-refractivity contribution in [3.63, 3.8) is 0 Å². The summed E-state index contributed by atoms with van der Waals surface area (Å²) in [6.45, 7) is 0. The van der Waals surface area contributed by atoms with Gasteiger partial charge in [-0.25, -0.2) is 19.9 Å². The molecule has 0 bridgehead atoms. The minimum Gasteiger partial charge on any atom is -0.242 e. The molecule has 3 aromatic heterocycles. The molecule has 30 heavy (non-hydrogen) atoms. The quantitative estimate of drug-likeness (QED) is 0.423. The molecule has 0 aliphatic carbocycles. The van der Waals surface area contributed by atoms with Crippen molar-refractivity contribution in [3.05, 3.63) is 85.2 Å². The Labute approximate surface area is 171 Å². The summed E-state index contributed by atoms with van der Waals surface area (Å²) in [6, 6.07) is 23.6. The summed E-state index contributed by atoms with van der Waals surface area (Å²) in [5.41, 5.74) is 4.29. The van der Waals surface area contributed by atoms with Crippen LogP contribution in [0.15, 0.2) is 85.2 Å². The number of benzene rings is 3. The van der Waals surface area contributed by atoms with Gasteiger partial charge in [0.05, 0.1) is 22.7 Å². The van der Waals surface area contributed by atoms with Crippen molar-refractivity contribution in [3.8, 4) is 22.9 Å². The minimum atomic E-state index is 0.511. The van der Waals surface area contributed by atoms with Gasteiger partial charge < -0.3 is 0 Å². The first-order chi connectivity index (χ1) is 14.9. The van der Waals surface area contributed by atoms with Gasteiger partial charge in [-0.1, -0.05) is 54.6 Å². The largest absolute Gasteiger partial charge is 0.242 e. The zero-order valence-electron chi connectivity index (χ0n) is 15.8. The summed E-state index contributed by atoms with van der Waals surface area (Å²) in [6.07, 6.45) is 3.56. The van der Waals surface area contributed by atoms with Crippen molar-refractivity contribution in [1.29, 1.82) is 0 Å². The molecule has 6 aromatic rings. The summed E-state index contributed by atoms with van der Waals surface area (Å²) in [4.78, 5) is 19.1. The monoisotopic (exact) mass is 386 g/mol. The van der Waals surface area contributed by atoms with Crippen LogP contribution in [0.25, 0.3) is 55.6 Å². The Morgan fingerprint density at radius 3 is 2.00 bits per heavy atom. The molecule has 0 spiro atoms. The van der Waals surface area contributed by atoms with Crippen LogP contribution in [-0.2, 0) is 0 Å². The highest BCUT2D eigenvalue weighted by atomic mass is 15.1. The van der Waals surface area contributed by atoms with Crippen LogP contribution >= 0.6 is 0 Å². The molecule has 6 heteroatoms. The van der Waals surface area contributed by atoms with E-state index >= 15 is 0 Å². The molecule has 0 aliphatic rings.